The maximum Gasteiger partial charge on any atom is 0.309 e. The molecule has 3 N–H and O–H groups in total. The van der Waals surface area contributed by atoms with Crippen LogP contribution in [-0.2, 0) is 57.6 Å². The zero-order chi connectivity index (χ0) is 68.6. The van der Waals surface area contributed by atoms with Crippen molar-refractivity contribution in [2.45, 2.75) is 347 Å². The van der Waals surface area contributed by atoms with Gasteiger partial charge in [-0.1, -0.05) is 57.8 Å². The molecule has 21 rings (SSSR count). The fraction of sp³-hybridized carbons (Fsp3) is 0.833. The highest BCUT2D eigenvalue weighted by Crippen LogP contribution is 2.64. The molecule has 3 heterocycles. The minimum atomic E-state index is -0.168. The van der Waals surface area contributed by atoms with Crippen LogP contribution in [0.5, 0.6) is 0 Å². The molecule has 0 radical (unpaired) electrons. The molecule has 0 aliphatic heterocycles. The van der Waals surface area contributed by atoms with Gasteiger partial charge < -0.3 is 25.4 Å². The number of ether oxygens (including phenoxy) is 2. The number of hydrogen-bond acceptors (Lipinski definition) is 10. The highest BCUT2D eigenvalue weighted by molar-refractivity contribution is 5.96. The van der Waals surface area contributed by atoms with Crippen LogP contribution in [-0.4, -0.2) is 90.3 Å². The second kappa shape index (κ2) is 28.8. The molecule has 16 nitrogen and oxygen atoms in total. The van der Waals surface area contributed by atoms with Gasteiger partial charge in [-0.25, -0.2) is 0 Å². The van der Waals surface area contributed by atoms with E-state index in [0.717, 1.165) is 134 Å². The first-order valence-electron chi connectivity index (χ1n) is 42.1. The first-order valence-corrected chi connectivity index (χ1v) is 42.1. The predicted molar refractivity (Wildman–Crippen MR) is 387 cm³/mol. The van der Waals surface area contributed by atoms with Crippen LogP contribution in [0, 0.1) is 81.3 Å². The minimum absolute atomic E-state index is 0.0245. The average molecular weight is 1370 g/mol. The highest BCUT2D eigenvalue weighted by atomic mass is 16.5. The van der Waals surface area contributed by atoms with Gasteiger partial charge in [0.05, 0.1) is 43.2 Å². The summed E-state index contributed by atoms with van der Waals surface area (Å²) < 4.78 is 17.4. The summed E-state index contributed by atoms with van der Waals surface area (Å²) in [6.45, 7) is 11.3. The van der Waals surface area contributed by atoms with Gasteiger partial charge in [0.15, 0.2) is 17.1 Å². The predicted octanol–water partition coefficient (Wildman–Crippen LogP) is 16.4. The Morgan fingerprint density at radius 2 is 0.640 bits per heavy atom. The lowest BCUT2D eigenvalue weighted by Crippen LogP contribution is -2.55. The Bertz CT molecular complexity index is 3220. The van der Waals surface area contributed by atoms with E-state index in [1.807, 2.05) is 13.8 Å². The van der Waals surface area contributed by atoms with Gasteiger partial charge >= 0.3 is 11.9 Å². The summed E-state index contributed by atoms with van der Waals surface area (Å²) in [5, 5.41) is 25.5. The number of nitrogens with one attached hydrogen (secondary N) is 3. The van der Waals surface area contributed by atoms with Crippen LogP contribution in [0.25, 0.3) is 0 Å². The zero-order valence-electron chi connectivity index (χ0n) is 62.2. The quantitative estimate of drug-likeness (QED) is 0.116. The lowest BCUT2D eigenvalue weighted by molar-refractivity contribution is -0.149. The van der Waals surface area contributed by atoms with Crippen molar-refractivity contribution in [3.8, 4) is 0 Å². The summed E-state index contributed by atoms with van der Waals surface area (Å²) in [4.78, 5) is 66.3. The van der Waals surface area contributed by atoms with Gasteiger partial charge in [-0.3, -0.25) is 38.0 Å². The number of rotatable bonds is 16. The molecule has 0 spiro atoms. The number of fused-ring (bicyclic) bond motifs is 3. The fourth-order valence-electron chi connectivity index (χ4n) is 26.6. The third-order valence-corrected chi connectivity index (χ3v) is 30.5. The van der Waals surface area contributed by atoms with Gasteiger partial charge in [-0.2, -0.15) is 15.3 Å². The van der Waals surface area contributed by atoms with Gasteiger partial charge in [0.2, 0.25) is 0 Å². The molecule has 15 fully saturated rings. The molecule has 3 aromatic rings. The molecule has 0 aromatic carbocycles. The van der Waals surface area contributed by atoms with E-state index >= 15 is 0 Å². The molecule has 548 valence electrons. The van der Waals surface area contributed by atoms with Crippen molar-refractivity contribution in [3.05, 3.63) is 50.9 Å². The van der Waals surface area contributed by atoms with Crippen LogP contribution in [0.1, 0.15) is 356 Å². The van der Waals surface area contributed by atoms with Crippen molar-refractivity contribution in [2.75, 3.05) is 13.2 Å². The molecule has 2 unspecified atom stereocenters. The SMILES string of the molecule is CCOC(=O)[C@@H]1CCc2c(c(C(=O)NC(C)C34CC5CC(CC(C5)C3)C4)nn2C2CCCCC2)C1.CCOC(=O)[C@H]1CCc2c(c(C(=O)NC(C)C34CC5CC(CC(C5)C3)C4)nn2C2CCCCC2)C1.C[C@H](NC(=O)c1nn(C2CCCCC2)c2c1CCCC2)C12CC3CC(CC(C3)C1)C2. The molecule has 5 atom stereocenters. The van der Waals surface area contributed by atoms with Crippen LogP contribution in [0.3, 0.4) is 0 Å². The summed E-state index contributed by atoms with van der Waals surface area (Å²) in [5.41, 5.74) is 9.91. The topological polar surface area (TPSA) is 193 Å². The number of carbonyl (C=O) groups excluding carboxylic acids is 5. The van der Waals surface area contributed by atoms with Crippen LogP contribution in [0.4, 0.5) is 0 Å². The maximum atomic E-state index is 13.8. The molecular formula is C84H125N9O7. The molecule has 3 amide bonds. The number of hydrogen-bond donors (Lipinski definition) is 3. The van der Waals surface area contributed by atoms with E-state index in [-0.39, 0.29) is 70.5 Å². The fourth-order valence-corrected chi connectivity index (χ4v) is 26.6. The van der Waals surface area contributed by atoms with Gasteiger partial charge in [0, 0.05) is 51.9 Å². The van der Waals surface area contributed by atoms with Crippen molar-refractivity contribution in [2.24, 2.45) is 81.3 Å². The van der Waals surface area contributed by atoms with Gasteiger partial charge in [0.25, 0.3) is 17.7 Å². The second-order valence-corrected chi connectivity index (χ2v) is 37.0. The van der Waals surface area contributed by atoms with E-state index in [1.54, 1.807) is 0 Å². The Hall–Kier alpha value is -5.02. The third-order valence-electron chi connectivity index (χ3n) is 30.5. The summed E-state index contributed by atoms with van der Waals surface area (Å²) >= 11 is 0. The largest absolute Gasteiger partial charge is 0.466 e. The van der Waals surface area contributed by atoms with Crippen LogP contribution >= 0.6 is 0 Å². The first kappa shape index (κ1) is 69.4. The van der Waals surface area contributed by atoms with E-state index in [0.29, 0.717) is 61.0 Å². The van der Waals surface area contributed by atoms with Crippen LogP contribution in [0.15, 0.2) is 0 Å². The molecule has 15 saturated carbocycles. The normalized spacial score (nSPS) is 35.4. The summed E-state index contributed by atoms with van der Waals surface area (Å²) in [7, 11) is 0. The van der Waals surface area contributed by atoms with Gasteiger partial charge in [-0.15, -0.1) is 0 Å². The van der Waals surface area contributed by atoms with Crippen molar-refractivity contribution >= 4 is 29.7 Å². The Morgan fingerprint density at radius 1 is 0.370 bits per heavy atom. The van der Waals surface area contributed by atoms with E-state index in [2.05, 4.69) is 50.8 Å². The van der Waals surface area contributed by atoms with Crippen molar-refractivity contribution in [1.82, 2.24) is 45.3 Å². The van der Waals surface area contributed by atoms with E-state index in [1.165, 1.54) is 222 Å². The van der Waals surface area contributed by atoms with Crippen molar-refractivity contribution in [1.29, 1.82) is 0 Å². The Kier molecular flexibility index (Phi) is 20.0. The molecule has 100 heavy (non-hydrogen) atoms. The first-order chi connectivity index (χ1) is 48.5. The average Bonchev–Trinajstić information content (AvgIpc) is 1.19. The molecule has 3 aromatic heterocycles. The zero-order valence-corrected chi connectivity index (χ0v) is 62.2. The highest BCUT2D eigenvalue weighted by Gasteiger charge is 2.57. The Morgan fingerprint density at radius 3 is 0.930 bits per heavy atom. The molecular weight excluding hydrogens is 1250 g/mol. The lowest BCUT2D eigenvalue weighted by Gasteiger charge is -2.59. The molecule has 18 aliphatic rings. The Balaban J connectivity index is 0.000000117. The summed E-state index contributed by atoms with van der Waals surface area (Å²) in [6, 6.07) is 1.91. The van der Waals surface area contributed by atoms with E-state index < -0.39 is 0 Å². The molecule has 18 aliphatic carbocycles. The molecule has 16 heteroatoms. The van der Waals surface area contributed by atoms with E-state index in [4.69, 9.17) is 24.8 Å². The number of amides is 3. The van der Waals surface area contributed by atoms with Crippen molar-refractivity contribution in [3.63, 3.8) is 0 Å². The Labute approximate surface area is 597 Å². The number of aromatic nitrogens is 6. The van der Waals surface area contributed by atoms with Gasteiger partial charge in [0.1, 0.15) is 0 Å². The number of carbonyl (C=O) groups is 5. The smallest absolute Gasteiger partial charge is 0.309 e. The summed E-state index contributed by atoms with van der Waals surface area (Å²) in [6.07, 6.45) is 52.0. The van der Waals surface area contributed by atoms with Gasteiger partial charge in [-0.05, 0) is 322 Å². The standard InChI is InChI=1S/2C29H43N3O3.C26H39N3O/c2*1-3-35-28(34)22-9-10-25-24(14-22)26(31-32(25)23-7-5-4-6-8-23)27(33)30-18(2)29-15-19-11-20(16-29)13-21(12-19)17-29;1-17(26-14-18-11-19(15-26)13-20(12-18)16-26)27-25(30)24-22-9-5-6-10-23(22)29(28-24)21-7-3-2-4-8-21/h2*18-23H,3-17H2,1-2H3,(H,30,33);17-21H,2-16H2,1H3,(H,27,30)/t2*18?,19?,20?,21?,22-,29?;17-,18?,19?,20?,26?/m100/s1. The van der Waals surface area contributed by atoms with Crippen LogP contribution in [0.2, 0.25) is 0 Å². The minimum Gasteiger partial charge on any atom is -0.466 e. The summed E-state index contributed by atoms with van der Waals surface area (Å²) in [5.74, 6) is 7.44. The third kappa shape index (κ3) is 13.5. The van der Waals surface area contributed by atoms with Crippen molar-refractivity contribution < 1.29 is 33.4 Å². The molecule has 0 saturated heterocycles. The molecule has 12 bridgehead atoms. The van der Waals surface area contributed by atoms with E-state index in [9.17, 15) is 24.0 Å². The number of esters is 2. The monoisotopic (exact) mass is 1370 g/mol. The maximum absolute atomic E-state index is 13.8. The van der Waals surface area contributed by atoms with Crippen LogP contribution < -0.4 is 16.0 Å². The second-order valence-electron chi connectivity index (χ2n) is 37.0. The lowest BCUT2D eigenvalue weighted by atomic mass is 9.48. The number of nitrogens with zero attached hydrogens (tertiary/aromatic N) is 6.